The molecule has 0 unspecified atom stereocenters. The molecular formula is C17H14Cl3N3O3S. The maximum atomic E-state index is 12.6. The van der Waals surface area contributed by atoms with E-state index in [0.717, 1.165) is 0 Å². The molecule has 3 rings (SSSR count). The fourth-order valence-corrected chi connectivity index (χ4v) is 4.06. The van der Waals surface area contributed by atoms with E-state index in [-0.39, 0.29) is 26.2 Å². The summed E-state index contributed by atoms with van der Waals surface area (Å²) in [5.41, 5.74) is 1.02. The smallest absolute Gasteiger partial charge is 0.284 e. The van der Waals surface area contributed by atoms with Crippen LogP contribution in [0.3, 0.4) is 0 Å². The van der Waals surface area contributed by atoms with Crippen molar-refractivity contribution in [1.29, 1.82) is 0 Å². The molecule has 0 fully saturated rings. The molecule has 0 atom stereocenters. The molecule has 1 N–H and O–H groups in total. The van der Waals surface area contributed by atoms with Crippen LogP contribution in [0.4, 0.5) is 5.69 Å². The van der Waals surface area contributed by atoms with Crippen molar-refractivity contribution in [2.75, 3.05) is 4.72 Å². The Kier molecular flexibility index (Phi) is 5.31. The number of halogens is 3. The van der Waals surface area contributed by atoms with Crippen molar-refractivity contribution in [3.05, 3.63) is 73.6 Å². The second kappa shape index (κ2) is 7.24. The molecule has 0 amide bonds. The van der Waals surface area contributed by atoms with Crippen LogP contribution in [-0.4, -0.2) is 17.8 Å². The topological polar surface area (TPSA) is 73.1 Å². The van der Waals surface area contributed by atoms with Crippen molar-refractivity contribution < 1.29 is 8.42 Å². The van der Waals surface area contributed by atoms with E-state index in [9.17, 15) is 13.2 Å². The molecule has 1 heterocycles. The van der Waals surface area contributed by atoms with Gasteiger partial charge in [0.25, 0.3) is 15.6 Å². The number of nitrogens with zero attached hydrogens (tertiary/aromatic N) is 2. The first-order valence-electron chi connectivity index (χ1n) is 7.64. The van der Waals surface area contributed by atoms with Crippen LogP contribution < -0.4 is 10.3 Å². The second-order valence-electron chi connectivity index (χ2n) is 5.77. The summed E-state index contributed by atoms with van der Waals surface area (Å²) >= 11 is 17.7. The van der Waals surface area contributed by atoms with Gasteiger partial charge in [0.1, 0.15) is 5.02 Å². The summed E-state index contributed by atoms with van der Waals surface area (Å²) < 4.78 is 30.5. The highest BCUT2D eigenvalue weighted by atomic mass is 35.5. The highest BCUT2D eigenvalue weighted by Crippen LogP contribution is 2.26. The standard InChI is InChI=1S/C17H14Cl3N3O3S/c1-10-16(20)17(24)23(22(10)2)12-4-6-13(7-5-12)27(25,26)21-11-3-8-14(18)15(19)9-11/h3-9,21H,1-2H3. The van der Waals surface area contributed by atoms with Gasteiger partial charge in [-0.3, -0.25) is 14.2 Å². The van der Waals surface area contributed by atoms with Crippen LogP contribution in [0.5, 0.6) is 0 Å². The van der Waals surface area contributed by atoms with Gasteiger partial charge in [-0.05, 0) is 49.4 Å². The van der Waals surface area contributed by atoms with Crippen LogP contribution in [0.25, 0.3) is 5.69 Å². The lowest BCUT2D eigenvalue weighted by Gasteiger charge is -2.11. The fraction of sp³-hybridized carbons (Fsp3) is 0.118. The van der Waals surface area contributed by atoms with E-state index in [0.29, 0.717) is 16.4 Å². The van der Waals surface area contributed by atoms with Crippen LogP contribution in [-0.2, 0) is 17.1 Å². The molecule has 0 saturated carbocycles. The number of hydrogen-bond donors (Lipinski definition) is 1. The van der Waals surface area contributed by atoms with Crippen molar-refractivity contribution in [2.45, 2.75) is 11.8 Å². The average Bonchev–Trinajstić information content (AvgIpc) is 2.81. The van der Waals surface area contributed by atoms with E-state index in [2.05, 4.69) is 4.72 Å². The van der Waals surface area contributed by atoms with Gasteiger partial charge in [0.05, 0.1) is 32.0 Å². The number of anilines is 1. The summed E-state index contributed by atoms with van der Waals surface area (Å²) in [4.78, 5) is 12.3. The lowest BCUT2D eigenvalue weighted by Crippen LogP contribution is -2.20. The molecule has 2 aromatic carbocycles. The van der Waals surface area contributed by atoms with Crippen molar-refractivity contribution >= 4 is 50.5 Å². The van der Waals surface area contributed by atoms with Crippen LogP contribution in [0.1, 0.15) is 5.69 Å². The van der Waals surface area contributed by atoms with Gasteiger partial charge in [0.15, 0.2) is 0 Å². The Hall–Kier alpha value is -1.93. The molecule has 27 heavy (non-hydrogen) atoms. The zero-order valence-corrected chi connectivity index (χ0v) is 17.3. The third-order valence-electron chi connectivity index (χ3n) is 4.05. The van der Waals surface area contributed by atoms with Gasteiger partial charge >= 0.3 is 0 Å². The van der Waals surface area contributed by atoms with Gasteiger partial charge in [0.2, 0.25) is 0 Å². The van der Waals surface area contributed by atoms with E-state index in [4.69, 9.17) is 34.8 Å². The predicted molar refractivity (Wildman–Crippen MR) is 108 cm³/mol. The zero-order chi connectivity index (χ0) is 19.9. The van der Waals surface area contributed by atoms with Crippen LogP contribution >= 0.6 is 34.8 Å². The molecule has 10 heteroatoms. The van der Waals surface area contributed by atoms with Gasteiger partial charge in [0, 0.05) is 7.05 Å². The molecule has 0 saturated heterocycles. The Morgan fingerprint density at radius 2 is 1.59 bits per heavy atom. The highest BCUT2D eigenvalue weighted by molar-refractivity contribution is 7.92. The third kappa shape index (κ3) is 3.73. The molecule has 0 aliphatic carbocycles. The Labute approximate surface area is 170 Å². The number of nitrogens with one attached hydrogen (secondary N) is 1. The Balaban J connectivity index is 1.94. The van der Waals surface area contributed by atoms with Crippen molar-refractivity contribution in [3.8, 4) is 5.69 Å². The summed E-state index contributed by atoms with van der Waals surface area (Å²) in [6, 6.07) is 10.3. The van der Waals surface area contributed by atoms with Gasteiger partial charge in [-0.15, -0.1) is 0 Å². The lowest BCUT2D eigenvalue weighted by atomic mass is 10.3. The first-order chi connectivity index (χ1) is 12.6. The maximum absolute atomic E-state index is 12.6. The molecule has 1 aromatic heterocycles. The molecule has 0 radical (unpaired) electrons. The molecule has 0 aliphatic heterocycles. The minimum absolute atomic E-state index is 0.0300. The van der Waals surface area contributed by atoms with Crippen LogP contribution in [0.2, 0.25) is 15.1 Å². The number of benzene rings is 2. The van der Waals surface area contributed by atoms with Crippen molar-refractivity contribution in [1.82, 2.24) is 9.36 Å². The lowest BCUT2D eigenvalue weighted by molar-refractivity contribution is 0.601. The summed E-state index contributed by atoms with van der Waals surface area (Å²) in [6.45, 7) is 1.72. The minimum Gasteiger partial charge on any atom is -0.284 e. The number of rotatable bonds is 4. The summed E-state index contributed by atoms with van der Waals surface area (Å²) in [5, 5.41) is 0.684. The summed E-state index contributed by atoms with van der Waals surface area (Å²) in [6.07, 6.45) is 0. The summed E-state index contributed by atoms with van der Waals surface area (Å²) in [5.74, 6) is 0. The predicted octanol–water partition coefficient (Wildman–Crippen LogP) is 4.25. The normalized spacial score (nSPS) is 11.6. The number of hydrogen-bond acceptors (Lipinski definition) is 3. The Morgan fingerprint density at radius 3 is 2.11 bits per heavy atom. The maximum Gasteiger partial charge on any atom is 0.290 e. The van der Waals surface area contributed by atoms with E-state index < -0.39 is 10.0 Å². The van der Waals surface area contributed by atoms with Crippen LogP contribution in [0, 0.1) is 6.92 Å². The van der Waals surface area contributed by atoms with Gasteiger partial charge in [-0.2, -0.15) is 0 Å². The minimum atomic E-state index is -3.84. The van der Waals surface area contributed by atoms with Crippen LogP contribution in [0.15, 0.2) is 52.2 Å². The monoisotopic (exact) mass is 445 g/mol. The SMILES string of the molecule is Cc1c(Cl)c(=O)n(-c2ccc(S(=O)(=O)Nc3ccc(Cl)c(Cl)c3)cc2)n1C. The average molecular weight is 447 g/mol. The second-order valence-corrected chi connectivity index (χ2v) is 8.64. The van der Waals surface area contributed by atoms with E-state index in [1.165, 1.54) is 47.1 Å². The van der Waals surface area contributed by atoms with E-state index >= 15 is 0 Å². The quantitative estimate of drug-likeness (QED) is 0.651. The molecule has 0 aliphatic rings. The zero-order valence-electron chi connectivity index (χ0n) is 14.2. The molecule has 6 nitrogen and oxygen atoms in total. The number of aromatic nitrogens is 2. The van der Waals surface area contributed by atoms with E-state index in [1.54, 1.807) is 18.7 Å². The molecule has 0 bridgehead atoms. The number of sulfonamides is 1. The molecule has 142 valence electrons. The fourth-order valence-electron chi connectivity index (χ4n) is 2.51. The summed E-state index contributed by atoms with van der Waals surface area (Å²) in [7, 11) is -2.14. The molecular weight excluding hydrogens is 433 g/mol. The molecule has 0 spiro atoms. The third-order valence-corrected chi connectivity index (χ3v) is 6.62. The Morgan fingerprint density at radius 1 is 0.963 bits per heavy atom. The highest BCUT2D eigenvalue weighted by Gasteiger charge is 2.17. The van der Waals surface area contributed by atoms with Gasteiger partial charge in [-0.1, -0.05) is 34.8 Å². The largest absolute Gasteiger partial charge is 0.290 e. The van der Waals surface area contributed by atoms with Gasteiger partial charge in [-0.25, -0.2) is 13.1 Å². The first kappa shape index (κ1) is 19.8. The Bertz CT molecular complexity index is 1180. The first-order valence-corrected chi connectivity index (χ1v) is 10.3. The van der Waals surface area contributed by atoms with Gasteiger partial charge < -0.3 is 0 Å². The van der Waals surface area contributed by atoms with Crippen molar-refractivity contribution in [2.24, 2.45) is 7.05 Å². The van der Waals surface area contributed by atoms with Crippen molar-refractivity contribution in [3.63, 3.8) is 0 Å². The van der Waals surface area contributed by atoms with E-state index in [1.807, 2.05) is 0 Å². The molecule has 3 aromatic rings.